The number of amides is 1. The number of carbonyl (C=O) groups is 2. The predicted molar refractivity (Wildman–Crippen MR) is 75.4 cm³/mol. The fourth-order valence-electron chi connectivity index (χ4n) is 1.32. The van der Waals surface area contributed by atoms with Crippen LogP contribution in [0.3, 0.4) is 0 Å². The summed E-state index contributed by atoms with van der Waals surface area (Å²) in [5.74, 6) is -1.71. The van der Waals surface area contributed by atoms with Gasteiger partial charge in [0.1, 0.15) is 6.04 Å². The Morgan fingerprint density at radius 3 is 2.29 bits per heavy atom. The Kier molecular flexibility index (Phi) is 5.02. The SMILES string of the molecule is CC(=O)Nc1nnc(S(=O)(=O)NC(C(=O)O)C(C)(C)C)s1. The minimum atomic E-state index is -4.14. The van der Waals surface area contributed by atoms with E-state index in [9.17, 15) is 18.0 Å². The molecule has 1 aromatic rings. The third kappa shape index (κ3) is 4.72. The molecule has 9 nitrogen and oxygen atoms in total. The summed E-state index contributed by atoms with van der Waals surface area (Å²) in [7, 11) is -4.14. The van der Waals surface area contributed by atoms with E-state index in [0.29, 0.717) is 11.3 Å². The van der Waals surface area contributed by atoms with Crippen LogP contribution in [0.25, 0.3) is 0 Å². The molecule has 0 saturated heterocycles. The lowest BCUT2D eigenvalue weighted by atomic mass is 9.88. The first-order valence-electron chi connectivity index (χ1n) is 5.79. The second kappa shape index (κ2) is 6.03. The molecule has 0 bridgehead atoms. The van der Waals surface area contributed by atoms with Gasteiger partial charge in [-0.25, -0.2) is 8.42 Å². The maximum atomic E-state index is 12.1. The molecular formula is C10H16N4O5S2. The van der Waals surface area contributed by atoms with E-state index >= 15 is 0 Å². The lowest BCUT2D eigenvalue weighted by Crippen LogP contribution is -2.48. The molecule has 21 heavy (non-hydrogen) atoms. The van der Waals surface area contributed by atoms with Crippen molar-refractivity contribution in [3.05, 3.63) is 0 Å². The summed E-state index contributed by atoms with van der Waals surface area (Å²) in [5.41, 5.74) is -0.829. The standard InChI is InChI=1S/C10H16N4O5S2/c1-5(15)11-8-12-13-9(20-8)21(18,19)14-6(7(16)17)10(2,3)4/h6,14H,1-4H3,(H,16,17)(H,11,12,15). The second-order valence-electron chi connectivity index (χ2n) is 5.31. The molecule has 0 aliphatic heterocycles. The van der Waals surface area contributed by atoms with Crippen molar-refractivity contribution >= 4 is 38.4 Å². The van der Waals surface area contributed by atoms with Crippen molar-refractivity contribution < 1.29 is 23.1 Å². The van der Waals surface area contributed by atoms with Crippen LogP contribution in [0, 0.1) is 5.41 Å². The summed E-state index contributed by atoms with van der Waals surface area (Å²) in [4.78, 5) is 22.0. The quantitative estimate of drug-likeness (QED) is 0.656. The smallest absolute Gasteiger partial charge is 0.322 e. The third-order valence-electron chi connectivity index (χ3n) is 2.31. The van der Waals surface area contributed by atoms with Gasteiger partial charge in [-0.2, -0.15) is 4.72 Å². The van der Waals surface area contributed by atoms with Crippen LogP contribution in [0.5, 0.6) is 0 Å². The number of carbonyl (C=O) groups excluding carboxylic acids is 1. The number of hydrogen-bond acceptors (Lipinski definition) is 7. The van der Waals surface area contributed by atoms with Gasteiger partial charge in [0.05, 0.1) is 0 Å². The molecule has 1 atom stereocenters. The van der Waals surface area contributed by atoms with E-state index in [4.69, 9.17) is 5.11 Å². The van der Waals surface area contributed by atoms with Crippen molar-refractivity contribution in [3.8, 4) is 0 Å². The number of carboxylic acid groups (broad SMARTS) is 1. The average molecular weight is 336 g/mol. The number of aliphatic carboxylic acids is 1. The highest BCUT2D eigenvalue weighted by atomic mass is 32.2. The van der Waals surface area contributed by atoms with Crippen LogP contribution < -0.4 is 10.0 Å². The monoisotopic (exact) mass is 336 g/mol. The number of sulfonamides is 1. The number of nitrogens with one attached hydrogen (secondary N) is 2. The van der Waals surface area contributed by atoms with Crippen LogP contribution in [-0.4, -0.2) is 41.6 Å². The van der Waals surface area contributed by atoms with Gasteiger partial charge in [-0.3, -0.25) is 9.59 Å². The van der Waals surface area contributed by atoms with Gasteiger partial charge in [0.2, 0.25) is 15.4 Å². The lowest BCUT2D eigenvalue weighted by Gasteiger charge is -2.26. The van der Waals surface area contributed by atoms with E-state index in [0.717, 1.165) is 0 Å². The van der Waals surface area contributed by atoms with E-state index < -0.39 is 37.7 Å². The normalized spacial score (nSPS) is 13.7. The van der Waals surface area contributed by atoms with E-state index in [-0.39, 0.29) is 5.13 Å². The molecule has 1 amide bonds. The summed E-state index contributed by atoms with van der Waals surface area (Å²) in [6.07, 6.45) is 0. The highest BCUT2D eigenvalue weighted by molar-refractivity contribution is 7.91. The van der Waals surface area contributed by atoms with Gasteiger partial charge >= 0.3 is 5.97 Å². The lowest BCUT2D eigenvalue weighted by molar-refractivity contribution is -0.141. The molecule has 118 valence electrons. The molecule has 11 heteroatoms. The summed E-state index contributed by atoms with van der Waals surface area (Å²) in [6.45, 7) is 6.03. The third-order valence-corrected chi connectivity index (χ3v) is 4.93. The summed E-state index contributed by atoms with van der Waals surface area (Å²) < 4.78 is 25.9. The van der Waals surface area contributed by atoms with Gasteiger partial charge < -0.3 is 10.4 Å². The first-order chi connectivity index (χ1) is 9.43. The highest BCUT2D eigenvalue weighted by Crippen LogP contribution is 2.24. The van der Waals surface area contributed by atoms with E-state index in [1.54, 1.807) is 20.8 Å². The number of anilines is 1. The average Bonchev–Trinajstić information content (AvgIpc) is 2.72. The van der Waals surface area contributed by atoms with E-state index in [1.165, 1.54) is 6.92 Å². The number of hydrogen-bond donors (Lipinski definition) is 3. The van der Waals surface area contributed by atoms with Crippen LogP contribution in [0.2, 0.25) is 0 Å². The van der Waals surface area contributed by atoms with Crippen LogP contribution in [0.15, 0.2) is 4.34 Å². The minimum Gasteiger partial charge on any atom is -0.480 e. The topological polar surface area (TPSA) is 138 Å². The molecule has 1 unspecified atom stereocenters. The van der Waals surface area contributed by atoms with Crippen LogP contribution in [0.4, 0.5) is 5.13 Å². The minimum absolute atomic E-state index is 0.0190. The molecule has 0 radical (unpaired) electrons. The number of carboxylic acids is 1. The maximum Gasteiger partial charge on any atom is 0.322 e. The van der Waals surface area contributed by atoms with Crippen molar-refractivity contribution in [2.24, 2.45) is 5.41 Å². The molecule has 0 aromatic carbocycles. The Bertz CT molecular complexity index is 647. The maximum absolute atomic E-state index is 12.1. The summed E-state index contributed by atoms with van der Waals surface area (Å²) in [6, 6.07) is -1.32. The first-order valence-corrected chi connectivity index (χ1v) is 8.09. The summed E-state index contributed by atoms with van der Waals surface area (Å²) in [5, 5.41) is 18.4. The second-order valence-corrected chi connectivity index (χ2v) is 8.18. The number of rotatable bonds is 5. The molecule has 1 heterocycles. The molecule has 1 rings (SSSR count). The highest BCUT2D eigenvalue weighted by Gasteiger charge is 2.36. The van der Waals surface area contributed by atoms with Crippen molar-refractivity contribution in [1.82, 2.24) is 14.9 Å². The predicted octanol–water partition coefficient (Wildman–Crippen LogP) is 0.274. The first kappa shape index (κ1) is 17.5. The van der Waals surface area contributed by atoms with Crippen molar-refractivity contribution in [1.29, 1.82) is 0 Å². The van der Waals surface area contributed by atoms with Gasteiger partial charge in [-0.1, -0.05) is 32.1 Å². The zero-order valence-corrected chi connectivity index (χ0v) is 13.5. The zero-order valence-electron chi connectivity index (χ0n) is 11.9. The molecule has 0 spiro atoms. The molecule has 0 fully saturated rings. The Labute approximate surface area is 125 Å². The van der Waals surface area contributed by atoms with Crippen molar-refractivity contribution in [2.75, 3.05) is 5.32 Å². The Balaban J connectivity index is 3.03. The molecule has 3 N–H and O–H groups in total. The zero-order chi connectivity index (χ0) is 16.4. The van der Waals surface area contributed by atoms with Crippen molar-refractivity contribution in [3.63, 3.8) is 0 Å². The van der Waals surface area contributed by atoms with Crippen LogP contribution >= 0.6 is 11.3 Å². The van der Waals surface area contributed by atoms with Crippen LogP contribution in [0.1, 0.15) is 27.7 Å². The molecule has 0 aliphatic carbocycles. The number of nitrogens with zero attached hydrogens (tertiary/aromatic N) is 2. The fourth-order valence-corrected chi connectivity index (χ4v) is 3.68. The molecule has 0 aliphatic rings. The van der Waals surface area contributed by atoms with E-state index in [1.807, 2.05) is 0 Å². The Morgan fingerprint density at radius 2 is 1.86 bits per heavy atom. The molecular weight excluding hydrogens is 320 g/mol. The fraction of sp³-hybridized carbons (Fsp3) is 0.600. The summed E-state index contributed by atoms with van der Waals surface area (Å²) >= 11 is 0.635. The van der Waals surface area contributed by atoms with Gasteiger partial charge in [-0.05, 0) is 5.41 Å². The van der Waals surface area contributed by atoms with Gasteiger partial charge in [0, 0.05) is 6.92 Å². The van der Waals surface area contributed by atoms with Gasteiger partial charge in [0.15, 0.2) is 0 Å². The Morgan fingerprint density at radius 1 is 1.29 bits per heavy atom. The van der Waals surface area contributed by atoms with E-state index in [2.05, 4.69) is 20.2 Å². The largest absolute Gasteiger partial charge is 0.480 e. The van der Waals surface area contributed by atoms with Gasteiger partial charge in [0.25, 0.3) is 10.0 Å². The molecule has 1 aromatic heterocycles. The Hall–Kier alpha value is -1.59. The number of aromatic nitrogens is 2. The van der Waals surface area contributed by atoms with Crippen LogP contribution in [-0.2, 0) is 19.6 Å². The van der Waals surface area contributed by atoms with Gasteiger partial charge in [-0.15, -0.1) is 10.2 Å². The molecule has 0 saturated carbocycles. The van der Waals surface area contributed by atoms with Crippen molar-refractivity contribution in [2.45, 2.75) is 38.1 Å².